The zero-order chi connectivity index (χ0) is 14.2. The van der Waals surface area contributed by atoms with Gasteiger partial charge in [-0.25, -0.2) is 0 Å². The summed E-state index contributed by atoms with van der Waals surface area (Å²) in [4.78, 5) is 0. The lowest BCUT2D eigenvalue weighted by Gasteiger charge is -2.32. The molecule has 0 amide bonds. The summed E-state index contributed by atoms with van der Waals surface area (Å²) in [5.41, 5.74) is 2.23. The Kier molecular flexibility index (Phi) is 4.14. The van der Waals surface area contributed by atoms with Crippen molar-refractivity contribution in [2.24, 2.45) is 11.3 Å². The molecule has 0 aliphatic heterocycles. The first-order chi connectivity index (χ1) is 8.84. The summed E-state index contributed by atoms with van der Waals surface area (Å²) < 4.78 is 0. The second-order valence-electron chi connectivity index (χ2n) is 6.50. The average molecular weight is 296 g/mol. The number of hydrogen-bond donors (Lipinski definition) is 0. The van der Waals surface area contributed by atoms with E-state index in [0.29, 0.717) is 28.3 Å². The Balaban J connectivity index is 2.50. The van der Waals surface area contributed by atoms with Crippen molar-refractivity contribution in [2.45, 2.75) is 46.0 Å². The molecular formula is C16H19Cl2N. The van der Waals surface area contributed by atoms with E-state index in [-0.39, 0.29) is 5.41 Å². The van der Waals surface area contributed by atoms with Gasteiger partial charge in [-0.1, -0.05) is 50.0 Å². The molecule has 0 N–H and O–H groups in total. The first-order valence-corrected chi connectivity index (χ1v) is 7.45. The van der Waals surface area contributed by atoms with Gasteiger partial charge in [0.15, 0.2) is 0 Å². The molecule has 19 heavy (non-hydrogen) atoms. The van der Waals surface area contributed by atoms with Crippen LogP contribution in [0.1, 0.15) is 50.7 Å². The average Bonchev–Trinajstić information content (AvgIpc) is 3.08. The summed E-state index contributed by atoms with van der Waals surface area (Å²) in [6, 6.07) is 6.06. The van der Waals surface area contributed by atoms with Crippen LogP contribution in [0.25, 0.3) is 0 Å². The third-order valence-corrected chi connectivity index (χ3v) is 4.58. The summed E-state index contributed by atoms with van der Waals surface area (Å²) >= 11 is 12.7. The van der Waals surface area contributed by atoms with Gasteiger partial charge in [-0.3, -0.25) is 0 Å². The van der Waals surface area contributed by atoms with Crippen LogP contribution in [0.2, 0.25) is 10.0 Å². The predicted octanol–water partition coefficient (Wildman–Crippen LogP) is 5.60. The van der Waals surface area contributed by atoms with Crippen LogP contribution in [0.4, 0.5) is 0 Å². The van der Waals surface area contributed by atoms with Crippen molar-refractivity contribution in [3.8, 4) is 6.07 Å². The fourth-order valence-corrected chi connectivity index (χ4v) is 3.42. The molecule has 1 saturated carbocycles. The largest absolute Gasteiger partial charge is 0.198 e. The molecule has 102 valence electrons. The first-order valence-electron chi connectivity index (χ1n) is 6.69. The number of hydrogen-bond acceptors (Lipinski definition) is 1. The molecule has 1 atom stereocenters. The highest BCUT2D eigenvalue weighted by molar-refractivity contribution is 6.42. The molecule has 0 heterocycles. The second-order valence-corrected chi connectivity index (χ2v) is 7.28. The highest BCUT2D eigenvalue weighted by atomic mass is 35.5. The van der Waals surface area contributed by atoms with Gasteiger partial charge in [0.05, 0.1) is 22.5 Å². The van der Waals surface area contributed by atoms with E-state index in [0.717, 1.165) is 11.1 Å². The molecule has 0 saturated heterocycles. The van der Waals surface area contributed by atoms with Gasteiger partial charge in [-0.15, -0.1) is 0 Å². The summed E-state index contributed by atoms with van der Waals surface area (Å²) in [6.45, 7) is 6.74. The topological polar surface area (TPSA) is 23.8 Å². The minimum atomic E-state index is 0.152. The number of nitrogens with zero attached hydrogens (tertiary/aromatic N) is 1. The molecule has 1 aliphatic carbocycles. The van der Waals surface area contributed by atoms with E-state index in [4.69, 9.17) is 28.5 Å². The van der Waals surface area contributed by atoms with Crippen LogP contribution >= 0.6 is 23.2 Å². The summed E-state index contributed by atoms with van der Waals surface area (Å²) in [7, 11) is 0. The molecule has 0 radical (unpaired) electrons. The summed E-state index contributed by atoms with van der Waals surface area (Å²) in [6.07, 6.45) is 2.90. The lowest BCUT2D eigenvalue weighted by molar-refractivity contribution is 0.291. The monoisotopic (exact) mass is 295 g/mol. The van der Waals surface area contributed by atoms with E-state index in [2.05, 4.69) is 32.9 Å². The van der Waals surface area contributed by atoms with E-state index < -0.39 is 0 Å². The lowest BCUT2D eigenvalue weighted by Crippen LogP contribution is -2.21. The highest BCUT2D eigenvalue weighted by Crippen LogP contribution is 2.53. The normalized spacial score (nSPS) is 17.1. The quantitative estimate of drug-likeness (QED) is 0.712. The minimum absolute atomic E-state index is 0.152. The van der Waals surface area contributed by atoms with Gasteiger partial charge in [-0.05, 0) is 47.3 Å². The minimum Gasteiger partial charge on any atom is -0.198 e. The van der Waals surface area contributed by atoms with Gasteiger partial charge in [0.25, 0.3) is 0 Å². The van der Waals surface area contributed by atoms with Crippen molar-refractivity contribution in [3.63, 3.8) is 0 Å². The second kappa shape index (κ2) is 5.35. The fourth-order valence-electron chi connectivity index (χ4n) is 2.95. The Morgan fingerprint density at radius 3 is 2.42 bits per heavy atom. The first kappa shape index (κ1) is 14.7. The SMILES string of the molecule is CC(C)(C)C(c1cc(CC#N)cc(Cl)c1Cl)C1CC1. The zero-order valence-corrected chi connectivity index (χ0v) is 13.1. The molecule has 1 aliphatic rings. The van der Waals surface area contributed by atoms with E-state index in [1.807, 2.05) is 6.07 Å². The third kappa shape index (κ3) is 3.25. The molecule has 3 heteroatoms. The Morgan fingerprint density at radius 1 is 1.32 bits per heavy atom. The van der Waals surface area contributed by atoms with E-state index in [1.54, 1.807) is 0 Å². The van der Waals surface area contributed by atoms with Crippen LogP contribution in [-0.4, -0.2) is 0 Å². The predicted molar refractivity (Wildman–Crippen MR) is 80.7 cm³/mol. The lowest BCUT2D eigenvalue weighted by atomic mass is 9.73. The highest BCUT2D eigenvalue weighted by Gasteiger charge is 2.40. The molecule has 0 aromatic heterocycles. The zero-order valence-electron chi connectivity index (χ0n) is 11.6. The number of benzene rings is 1. The van der Waals surface area contributed by atoms with E-state index in [9.17, 15) is 0 Å². The molecule has 1 fully saturated rings. The van der Waals surface area contributed by atoms with Crippen molar-refractivity contribution in [1.82, 2.24) is 0 Å². The Labute approximate surface area is 125 Å². The van der Waals surface area contributed by atoms with Crippen LogP contribution in [-0.2, 0) is 6.42 Å². The van der Waals surface area contributed by atoms with Crippen LogP contribution in [0.5, 0.6) is 0 Å². The van der Waals surface area contributed by atoms with Crippen LogP contribution < -0.4 is 0 Å². The maximum Gasteiger partial charge on any atom is 0.0669 e. The molecule has 1 aromatic rings. The van der Waals surface area contributed by atoms with Crippen molar-refractivity contribution in [2.75, 3.05) is 0 Å². The Hall–Kier alpha value is -0.710. The van der Waals surface area contributed by atoms with Gasteiger partial charge in [0.1, 0.15) is 0 Å². The van der Waals surface area contributed by atoms with Crippen LogP contribution in [0, 0.1) is 22.7 Å². The molecule has 2 rings (SSSR count). The molecule has 0 bridgehead atoms. The number of nitriles is 1. The van der Waals surface area contributed by atoms with Gasteiger partial charge in [0.2, 0.25) is 0 Å². The third-order valence-electron chi connectivity index (χ3n) is 3.76. The summed E-state index contributed by atoms with van der Waals surface area (Å²) in [5.74, 6) is 1.11. The smallest absolute Gasteiger partial charge is 0.0669 e. The molecular weight excluding hydrogens is 277 g/mol. The number of rotatable bonds is 3. The van der Waals surface area contributed by atoms with Gasteiger partial charge in [-0.2, -0.15) is 5.26 Å². The maximum absolute atomic E-state index is 8.86. The number of halogens is 2. The Morgan fingerprint density at radius 2 is 1.95 bits per heavy atom. The van der Waals surface area contributed by atoms with Crippen molar-refractivity contribution < 1.29 is 0 Å². The maximum atomic E-state index is 8.86. The van der Waals surface area contributed by atoms with Crippen molar-refractivity contribution in [3.05, 3.63) is 33.3 Å². The van der Waals surface area contributed by atoms with Gasteiger partial charge >= 0.3 is 0 Å². The van der Waals surface area contributed by atoms with Crippen molar-refractivity contribution in [1.29, 1.82) is 5.26 Å². The fraction of sp³-hybridized carbons (Fsp3) is 0.562. The standard InChI is InChI=1S/C16H19Cl2N/c1-16(2,3)14(11-4-5-11)12-8-10(6-7-19)9-13(17)15(12)18/h8-9,11,14H,4-6H2,1-3H3. The van der Waals surface area contributed by atoms with Crippen LogP contribution in [0.15, 0.2) is 12.1 Å². The van der Waals surface area contributed by atoms with Crippen LogP contribution in [0.3, 0.4) is 0 Å². The Bertz CT molecular complexity index is 519. The van der Waals surface area contributed by atoms with Crippen molar-refractivity contribution >= 4 is 23.2 Å². The van der Waals surface area contributed by atoms with E-state index in [1.165, 1.54) is 12.8 Å². The van der Waals surface area contributed by atoms with E-state index >= 15 is 0 Å². The molecule has 1 aromatic carbocycles. The molecule has 0 spiro atoms. The summed E-state index contributed by atoms with van der Waals surface area (Å²) in [5, 5.41) is 10.1. The van der Waals surface area contributed by atoms with Gasteiger partial charge in [0, 0.05) is 0 Å². The molecule has 1 nitrogen and oxygen atoms in total. The van der Waals surface area contributed by atoms with Gasteiger partial charge < -0.3 is 0 Å². The molecule has 1 unspecified atom stereocenters.